The predicted molar refractivity (Wildman–Crippen MR) is 77.1 cm³/mol. The molecule has 5 nitrogen and oxygen atoms in total. The first-order valence-electron chi connectivity index (χ1n) is 6.27. The van der Waals surface area contributed by atoms with Crippen molar-refractivity contribution in [1.29, 1.82) is 0 Å². The molecule has 1 aliphatic heterocycles. The highest BCUT2D eigenvalue weighted by atomic mass is 79.9. The van der Waals surface area contributed by atoms with Crippen molar-refractivity contribution in [1.82, 2.24) is 9.29 Å². The van der Waals surface area contributed by atoms with E-state index in [4.69, 9.17) is 5.73 Å². The van der Waals surface area contributed by atoms with Crippen molar-refractivity contribution in [3.8, 4) is 0 Å². The van der Waals surface area contributed by atoms with Crippen molar-refractivity contribution >= 4 is 26.0 Å². The molecule has 0 amide bonds. The van der Waals surface area contributed by atoms with Crippen molar-refractivity contribution in [2.45, 2.75) is 30.7 Å². The van der Waals surface area contributed by atoms with Crippen LogP contribution in [0.3, 0.4) is 0 Å². The maximum Gasteiger partial charge on any atom is 0.244 e. The molecule has 0 aromatic carbocycles. The number of nitrogens with two attached hydrogens (primary N) is 1. The second-order valence-electron chi connectivity index (χ2n) is 4.94. The fourth-order valence-corrected chi connectivity index (χ4v) is 4.30. The van der Waals surface area contributed by atoms with E-state index in [1.165, 1.54) is 10.5 Å². The van der Waals surface area contributed by atoms with E-state index in [9.17, 15) is 8.42 Å². The molecule has 1 aromatic heterocycles. The minimum atomic E-state index is -3.43. The predicted octanol–water partition coefficient (Wildman–Crippen LogP) is 1.59. The Morgan fingerprint density at radius 1 is 1.42 bits per heavy atom. The Balaban J connectivity index is 2.14. The van der Waals surface area contributed by atoms with E-state index >= 15 is 0 Å². The molecule has 0 bridgehead atoms. The van der Waals surface area contributed by atoms with Crippen LogP contribution in [0.25, 0.3) is 0 Å². The lowest BCUT2D eigenvalue weighted by Gasteiger charge is -2.32. The van der Waals surface area contributed by atoms with Gasteiger partial charge in [-0.05, 0) is 47.7 Å². The average Bonchev–Trinajstić information content (AvgIpc) is 2.39. The van der Waals surface area contributed by atoms with Crippen molar-refractivity contribution in [3.05, 3.63) is 22.9 Å². The fourth-order valence-electron chi connectivity index (χ4n) is 2.32. The van der Waals surface area contributed by atoms with E-state index in [0.29, 0.717) is 23.5 Å². The van der Waals surface area contributed by atoms with Gasteiger partial charge < -0.3 is 5.73 Å². The molecule has 1 fully saturated rings. The smallest absolute Gasteiger partial charge is 0.244 e. The lowest BCUT2D eigenvalue weighted by atomic mass is 9.92. The molecule has 7 heteroatoms. The number of hydrogen-bond donors (Lipinski definition) is 1. The zero-order valence-corrected chi connectivity index (χ0v) is 13.2. The van der Waals surface area contributed by atoms with Crippen LogP contribution in [-0.4, -0.2) is 36.8 Å². The Morgan fingerprint density at radius 2 is 2.05 bits per heavy atom. The third-order valence-electron chi connectivity index (χ3n) is 3.56. The standard InChI is InChI=1S/C12H18BrN3O2S/c1-9(14)10-2-4-16(5-3-10)19(17,18)12-6-11(13)7-15-8-12/h6-10H,2-5,14H2,1H3. The topological polar surface area (TPSA) is 76.3 Å². The molecule has 1 aromatic rings. The van der Waals surface area contributed by atoms with Crippen LogP contribution in [0.2, 0.25) is 0 Å². The quantitative estimate of drug-likeness (QED) is 0.900. The first kappa shape index (κ1) is 14.9. The van der Waals surface area contributed by atoms with Gasteiger partial charge in [0.2, 0.25) is 10.0 Å². The van der Waals surface area contributed by atoms with E-state index in [2.05, 4.69) is 20.9 Å². The molecule has 2 heterocycles. The van der Waals surface area contributed by atoms with Gasteiger partial charge in [-0.2, -0.15) is 4.31 Å². The van der Waals surface area contributed by atoms with Gasteiger partial charge in [0.15, 0.2) is 0 Å². The molecule has 2 N–H and O–H groups in total. The largest absolute Gasteiger partial charge is 0.328 e. The maximum atomic E-state index is 12.4. The molecule has 1 aliphatic rings. The fraction of sp³-hybridized carbons (Fsp3) is 0.583. The summed E-state index contributed by atoms with van der Waals surface area (Å²) in [7, 11) is -3.43. The van der Waals surface area contributed by atoms with Gasteiger partial charge in [0.1, 0.15) is 4.90 Å². The summed E-state index contributed by atoms with van der Waals surface area (Å²) < 4.78 is 27.1. The molecular formula is C12H18BrN3O2S. The average molecular weight is 348 g/mol. The van der Waals surface area contributed by atoms with Crippen molar-refractivity contribution in [2.75, 3.05) is 13.1 Å². The Bertz CT molecular complexity index is 540. The molecule has 0 saturated carbocycles. The Morgan fingerprint density at radius 3 is 2.58 bits per heavy atom. The van der Waals surface area contributed by atoms with Crippen LogP contribution < -0.4 is 5.73 Å². The van der Waals surface area contributed by atoms with Gasteiger partial charge in [0.05, 0.1) is 0 Å². The van der Waals surface area contributed by atoms with Crippen LogP contribution >= 0.6 is 15.9 Å². The number of aromatic nitrogens is 1. The third-order valence-corrected chi connectivity index (χ3v) is 5.86. The summed E-state index contributed by atoms with van der Waals surface area (Å²) in [6.45, 7) is 3.04. The Hall–Kier alpha value is -0.500. The third kappa shape index (κ3) is 3.34. The summed E-state index contributed by atoms with van der Waals surface area (Å²) in [6, 6.07) is 1.71. The van der Waals surface area contributed by atoms with E-state index in [1.54, 1.807) is 12.3 Å². The number of hydrogen-bond acceptors (Lipinski definition) is 4. The van der Waals surface area contributed by atoms with E-state index < -0.39 is 10.0 Å². The Labute approximate surface area is 122 Å². The SMILES string of the molecule is CC(N)C1CCN(S(=O)(=O)c2cncc(Br)c2)CC1. The van der Waals surface area contributed by atoms with Gasteiger partial charge in [0.25, 0.3) is 0 Å². The first-order chi connectivity index (χ1) is 8.91. The number of piperidine rings is 1. The van der Waals surface area contributed by atoms with Gasteiger partial charge in [-0.3, -0.25) is 4.98 Å². The minimum absolute atomic E-state index is 0.123. The molecule has 2 rings (SSSR count). The number of halogens is 1. The van der Waals surface area contributed by atoms with Crippen LogP contribution in [-0.2, 0) is 10.0 Å². The lowest BCUT2D eigenvalue weighted by Crippen LogP contribution is -2.42. The number of nitrogens with zero attached hydrogens (tertiary/aromatic N) is 2. The number of sulfonamides is 1. The summed E-state index contributed by atoms with van der Waals surface area (Å²) >= 11 is 3.25. The zero-order valence-electron chi connectivity index (χ0n) is 10.8. The van der Waals surface area contributed by atoms with E-state index in [1.807, 2.05) is 6.92 Å². The molecule has 0 spiro atoms. The van der Waals surface area contributed by atoms with E-state index in [-0.39, 0.29) is 10.9 Å². The van der Waals surface area contributed by atoms with Gasteiger partial charge in [-0.1, -0.05) is 0 Å². The maximum absolute atomic E-state index is 12.4. The number of rotatable bonds is 3. The van der Waals surface area contributed by atoms with Crippen molar-refractivity contribution < 1.29 is 8.42 Å². The highest BCUT2D eigenvalue weighted by molar-refractivity contribution is 9.10. The molecule has 0 aliphatic carbocycles. The molecule has 1 atom stereocenters. The normalized spacial score (nSPS) is 20.4. The van der Waals surface area contributed by atoms with Gasteiger partial charge in [-0.15, -0.1) is 0 Å². The van der Waals surface area contributed by atoms with Crippen molar-refractivity contribution in [2.24, 2.45) is 11.7 Å². The highest BCUT2D eigenvalue weighted by Gasteiger charge is 2.30. The second kappa shape index (κ2) is 5.87. The van der Waals surface area contributed by atoms with Gasteiger partial charge in [-0.25, -0.2) is 8.42 Å². The van der Waals surface area contributed by atoms with Gasteiger partial charge >= 0.3 is 0 Å². The Kier molecular flexibility index (Phi) is 4.60. The highest BCUT2D eigenvalue weighted by Crippen LogP contribution is 2.25. The van der Waals surface area contributed by atoms with Gasteiger partial charge in [0, 0.05) is 36.0 Å². The summed E-state index contributed by atoms with van der Waals surface area (Å²) in [4.78, 5) is 4.15. The molecule has 1 saturated heterocycles. The van der Waals surface area contributed by atoms with Crippen molar-refractivity contribution in [3.63, 3.8) is 0 Å². The molecular weight excluding hydrogens is 330 g/mol. The molecule has 106 valence electrons. The summed E-state index contributed by atoms with van der Waals surface area (Å²) in [6.07, 6.45) is 4.59. The number of pyridine rings is 1. The van der Waals surface area contributed by atoms with Crippen LogP contribution in [0.1, 0.15) is 19.8 Å². The van der Waals surface area contributed by atoms with Crippen LogP contribution in [0.15, 0.2) is 27.8 Å². The summed E-state index contributed by atoms with van der Waals surface area (Å²) in [5, 5.41) is 0. The van der Waals surface area contributed by atoms with E-state index in [0.717, 1.165) is 12.8 Å². The molecule has 1 unspecified atom stereocenters. The molecule has 0 radical (unpaired) electrons. The molecule has 19 heavy (non-hydrogen) atoms. The second-order valence-corrected chi connectivity index (χ2v) is 7.79. The monoisotopic (exact) mass is 347 g/mol. The summed E-state index contributed by atoms with van der Waals surface area (Å²) in [5.41, 5.74) is 5.87. The first-order valence-corrected chi connectivity index (χ1v) is 8.51. The van der Waals surface area contributed by atoms with Crippen LogP contribution in [0.4, 0.5) is 0 Å². The summed E-state index contributed by atoms with van der Waals surface area (Å²) in [5.74, 6) is 0.409. The van der Waals surface area contributed by atoms with Crippen LogP contribution in [0.5, 0.6) is 0 Å². The lowest BCUT2D eigenvalue weighted by molar-refractivity contribution is 0.250. The zero-order chi connectivity index (χ0) is 14.0. The van der Waals surface area contributed by atoms with Crippen LogP contribution in [0, 0.1) is 5.92 Å². The minimum Gasteiger partial charge on any atom is -0.328 e.